The van der Waals surface area contributed by atoms with E-state index in [1.165, 1.54) is 6.26 Å². The van der Waals surface area contributed by atoms with E-state index in [1.807, 2.05) is 0 Å². The molecule has 2 atom stereocenters. The van der Waals surface area contributed by atoms with Crippen LogP contribution in [0.4, 0.5) is 4.39 Å². The highest BCUT2D eigenvalue weighted by Gasteiger charge is 2.35. The van der Waals surface area contributed by atoms with Crippen molar-refractivity contribution in [3.8, 4) is 0 Å². The molecule has 0 amide bonds. The van der Waals surface area contributed by atoms with Gasteiger partial charge in [0, 0.05) is 32.2 Å². The number of hydrogen-bond acceptors (Lipinski definition) is 4. The summed E-state index contributed by atoms with van der Waals surface area (Å²) in [7, 11) is -3.11. The number of nitrogens with zero attached hydrogens (tertiary/aromatic N) is 1. The molecule has 0 spiro atoms. The van der Waals surface area contributed by atoms with Crippen molar-refractivity contribution in [1.82, 2.24) is 14.9 Å². The highest BCUT2D eigenvalue weighted by Crippen LogP contribution is 2.22. The number of alkyl halides is 1. The fourth-order valence-corrected chi connectivity index (χ4v) is 3.00. The summed E-state index contributed by atoms with van der Waals surface area (Å²) in [5.74, 6) is 0.294. The van der Waals surface area contributed by atoms with E-state index < -0.39 is 16.2 Å². The van der Waals surface area contributed by atoms with Crippen molar-refractivity contribution >= 4 is 10.0 Å². The summed E-state index contributed by atoms with van der Waals surface area (Å²) in [6.45, 7) is 3.22. The van der Waals surface area contributed by atoms with Gasteiger partial charge < -0.3 is 5.32 Å². The van der Waals surface area contributed by atoms with Gasteiger partial charge in [0.2, 0.25) is 10.0 Å². The van der Waals surface area contributed by atoms with E-state index in [-0.39, 0.29) is 0 Å². The summed E-state index contributed by atoms with van der Waals surface area (Å²) in [4.78, 5) is 2.13. The highest BCUT2D eigenvalue weighted by molar-refractivity contribution is 7.88. The maximum absolute atomic E-state index is 12.8. The number of likely N-dealkylation sites (tertiary alicyclic amines) is 1. The third-order valence-electron chi connectivity index (χ3n) is 3.43. The van der Waals surface area contributed by atoms with Crippen LogP contribution in [0.15, 0.2) is 0 Å². The number of nitrogens with one attached hydrogen (secondary N) is 2. The lowest BCUT2D eigenvalue weighted by molar-refractivity contribution is 0.0113. The number of sulfonamides is 1. The summed E-state index contributed by atoms with van der Waals surface area (Å²) in [5.41, 5.74) is 0. The molecule has 0 aromatic carbocycles. The first-order valence-electron chi connectivity index (χ1n) is 5.97. The first-order chi connectivity index (χ1) is 7.94. The lowest BCUT2D eigenvalue weighted by Gasteiger charge is -2.44. The van der Waals surface area contributed by atoms with Gasteiger partial charge in [-0.25, -0.2) is 17.5 Å². The molecule has 0 aliphatic carbocycles. The number of hydrogen-bond donors (Lipinski definition) is 2. The molecule has 2 aliphatic rings. The smallest absolute Gasteiger partial charge is 0.208 e. The Balaban J connectivity index is 1.77. The van der Waals surface area contributed by atoms with Crippen molar-refractivity contribution in [2.75, 3.05) is 39.0 Å². The van der Waals surface area contributed by atoms with Gasteiger partial charge in [-0.05, 0) is 18.9 Å². The Labute approximate surface area is 102 Å². The zero-order valence-corrected chi connectivity index (χ0v) is 10.8. The van der Waals surface area contributed by atoms with Crippen molar-refractivity contribution in [1.29, 1.82) is 0 Å². The summed E-state index contributed by atoms with van der Waals surface area (Å²) in [5, 5.41) is 3.29. The maximum Gasteiger partial charge on any atom is 0.208 e. The van der Waals surface area contributed by atoms with Crippen LogP contribution >= 0.6 is 0 Å². The van der Waals surface area contributed by atoms with Crippen LogP contribution in [0.1, 0.15) is 6.42 Å². The predicted molar refractivity (Wildman–Crippen MR) is 64.1 cm³/mol. The van der Waals surface area contributed by atoms with Gasteiger partial charge in [-0.2, -0.15) is 0 Å². The summed E-state index contributed by atoms with van der Waals surface area (Å²) in [6, 6.07) is 0.349. The Bertz CT molecular complexity index is 357. The van der Waals surface area contributed by atoms with Gasteiger partial charge in [0.1, 0.15) is 6.17 Å². The molecule has 0 saturated carbocycles. The molecule has 2 unspecified atom stereocenters. The number of rotatable bonds is 4. The second kappa shape index (κ2) is 5.17. The van der Waals surface area contributed by atoms with Gasteiger partial charge in [-0.1, -0.05) is 0 Å². The molecule has 2 heterocycles. The molecule has 7 heteroatoms. The molecule has 5 nitrogen and oxygen atoms in total. The van der Waals surface area contributed by atoms with E-state index in [0.29, 0.717) is 31.6 Å². The molecular weight excluding hydrogens is 245 g/mol. The molecule has 2 aliphatic heterocycles. The third-order valence-corrected chi connectivity index (χ3v) is 4.13. The summed E-state index contributed by atoms with van der Waals surface area (Å²) < 4.78 is 37.3. The van der Waals surface area contributed by atoms with E-state index >= 15 is 0 Å². The molecule has 0 bridgehead atoms. The topological polar surface area (TPSA) is 61.4 Å². The molecule has 0 radical (unpaired) electrons. The fourth-order valence-electron chi connectivity index (χ4n) is 2.46. The average molecular weight is 265 g/mol. The molecule has 2 fully saturated rings. The van der Waals surface area contributed by atoms with Crippen molar-refractivity contribution < 1.29 is 12.8 Å². The van der Waals surface area contributed by atoms with Crippen LogP contribution in [-0.2, 0) is 10.0 Å². The van der Waals surface area contributed by atoms with Gasteiger partial charge in [-0.15, -0.1) is 0 Å². The normalized spacial score (nSPS) is 32.4. The Morgan fingerprint density at radius 1 is 1.41 bits per heavy atom. The van der Waals surface area contributed by atoms with Crippen LogP contribution in [0.3, 0.4) is 0 Å². The van der Waals surface area contributed by atoms with Crippen molar-refractivity contribution in [2.45, 2.75) is 18.6 Å². The Kier molecular flexibility index (Phi) is 4.02. The lowest BCUT2D eigenvalue weighted by Crippen LogP contribution is -2.59. The minimum atomic E-state index is -3.11. The molecule has 2 rings (SSSR count). The van der Waals surface area contributed by atoms with Crippen molar-refractivity contribution in [2.24, 2.45) is 5.92 Å². The SMILES string of the molecule is CS(=O)(=O)NCC1CNCC(N2CC(F)C2)C1. The van der Waals surface area contributed by atoms with Crippen LogP contribution in [0.5, 0.6) is 0 Å². The average Bonchev–Trinajstić information content (AvgIpc) is 2.21. The van der Waals surface area contributed by atoms with Crippen LogP contribution in [0, 0.1) is 5.92 Å². The van der Waals surface area contributed by atoms with E-state index in [0.717, 1.165) is 19.5 Å². The second-order valence-corrected chi connectivity index (χ2v) is 6.92. The van der Waals surface area contributed by atoms with Crippen molar-refractivity contribution in [3.63, 3.8) is 0 Å². The first kappa shape index (κ1) is 13.2. The number of piperidine rings is 1. The van der Waals surface area contributed by atoms with Crippen LogP contribution in [0.25, 0.3) is 0 Å². The van der Waals surface area contributed by atoms with E-state index in [2.05, 4.69) is 14.9 Å². The summed E-state index contributed by atoms with van der Waals surface area (Å²) in [6.07, 6.45) is 1.43. The van der Waals surface area contributed by atoms with Crippen molar-refractivity contribution in [3.05, 3.63) is 0 Å². The third kappa shape index (κ3) is 3.87. The predicted octanol–water partition coefficient (Wildman–Crippen LogP) is -0.833. The Morgan fingerprint density at radius 3 is 2.71 bits per heavy atom. The summed E-state index contributed by atoms with van der Waals surface area (Å²) >= 11 is 0. The van der Waals surface area contributed by atoms with E-state index in [1.54, 1.807) is 0 Å². The first-order valence-corrected chi connectivity index (χ1v) is 7.86. The molecule has 2 saturated heterocycles. The maximum atomic E-state index is 12.8. The standard InChI is InChI=1S/C10H20FN3O2S/c1-17(15,16)13-4-8-2-10(5-12-3-8)14-6-9(11)7-14/h8-10,12-13H,2-7H2,1H3. The lowest BCUT2D eigenvalue weighted by atomic mass is 9.93. The molecule has 0 aromatic heterocycles. The van der Waals surface area contributed by atoms with Gasteiger partial charge in [0.15, 0.2) is 0 Å². The minimum Gasteiger partial charge on any atom is -0.315 e. The quantitative estimate of drug-likeness (QED) is 0.696. The van der Waals surface area contributed by atoms with Gasteiger partial charge in [-0.3, -0.25) is 4.90 Å². The zero-order chi connectivity index (χ0) is 12.5. The molecule has 17 heavy (non-hydrogen) atoms. The molecule has 100 valence electrons. The minimum absolute atomic E-state index is 0.294. The Hall–Kier alpha value is -0.240. The largest absolute Gasteiger partial charge is 0.315 e. The molecular formula is C10H20FN3O2S. The second-order valence-electron chi connectivity index (χ2n) is 5.09. The fraction of sp³-hybridized carbons (Fsp3) is 1.00. The van der Waals surface area contributed by atoms with E-state index in [4.69, 9.17) is 0 Å². The van der Waals surface area contributed by atoms with Gasteiger partial charge >= 0.3 is 0 Å². The van der Waals surface area contributed by atoms with Gasteiger partial charge in [0.05, 0.1) is 6.26 Å². The van der Waals surface area contributed by atoms with Crippen LogP contribution in [-0.4, -0.2) is 64.5 Å². The molecule has 0 aromatic rings. The highest BCUT2D eigenvalue weighted by atomic mass is 32.2. The zero-order valence-electron chi connectivity index (χ0n) is 10.0. The monoisotopic (exact) mass is 265 g/mol. The molecule has 2 N–H and O–H groups in total. The number of halogens is 1. The van der Waals surface area contributed by atoms with Crippen LogP contribution in [0.2, 0.25) is 0 Å². The van der Waals surface area contributed by atoms with Crippen LogP contribution < -0.4 is 10.0 Å². The van der Waals surface area contributed by atoms with Gasteiger partial charge in [0.25, 0.3) is 0 Å². The van der Waals surface area contributed by atoms with E-state index in [9.17, 15) is 12.8 Å². The Morgan fingerprint density at radius 2 is 2.12 bits per heavy atom.